The zero-order chi connectivity index (χ0) is 22.8. The van der Waals surface area contributed by atoms with Gasteiger partial charge < -0.3 is 14.8 Å². The number of ether oxygens (including phenoxy) is 1. The molecule has 2 heterocycles. The van der Waals surface area contributed by atoms with Gasteiger partial charge in [-0.25, -0.2) is 4.98 Å². The number of carbonyl (C=O) groups excluding carboxylic acids is 1. The third kappa shape index (κ3) is 6.60. The average Bonchev–Trinajstić information content (AvgIpc) is 3.19. The van der Waals surface area contributed by atoms with E-state index in [1.807, 2.05) is 25.1 Å². The number of rotatable bonds is 13. The van der Waals surface area contributed by atoms with Crippen molar-refractivity contribution in [2.24, 2.45) is 0 Å². The topological polar surface area (TPSA) is 64.1 Å². The molecule has 0 fully saturated rings. The summed E-state index contributed by atoms with van der Waals surface area (Å²) in [7, 11) is 0. The van der Waals surface area contributed by atoms with Crippen LogP contribution in [0.2, 0.25) is 0 Å². The molecule has 1 atom stereocenters. The number of nitrogens with zero attached hydrogens (tertiary/aromatic N) is 2. The van der Waals surface area contributed by atoms with Crippen LogP contribution >= 0.6 is 11.3 Å². The van der Waals surface area contributed by atoms with Crippen molar-refractivity contribution in [2.75, 3.05) is 11.9 Å². The predicted octanol–water partition coefficient (Wildman–Crippen LogP) is 7.13. The maximum Gasteiger partial charge on any atom is 0.206 e. The Morgan fingerprint density at radius 1 is 1.19 bits per heavy atom. The van der Waals surface area contributed by atoms with Crippen LogP contribution in [0.25, 0.3) is 11.3 Å². The predicted molar refractivity (Wildman–Crippen MR) is 128 cm³/mol. The molecule has 0 saturated carbocycles. The summed E-state index contributed by atoms with van der Waals surface area (Å²) < 4.78 is 20.4. The number of anilines is 2. The SMILES string of the molecule is CCCCCCCCOc1ccc(Nc2nc(-c3cccnc3)c(F)s2)cc1C(C)C=O. The Morgan fingerprint density at radius 3 is 2.75 bits per heavy atom. The number of aldehydes is 1. The molecular formula is C25H30FN3O2S. The second-order valence-electron chi connectivity index (χ2n) is 7.80. The fraction of sp³-hybridized carbons (Fsp3) is 0.400. The van der Waals surface area contributed by atoms with Gasteiger partial charge in [0.1, 0.15) is 17.7 Å². The van der Waals surface area contributed by atoms with E-state index in [-0.39, 0.29) is 16.7 Å². The van der Waals surface area contributed by atoms with Crippen LogP contribution < -0.4 is 10.1 Å². The Morgan fingerprint density at radius 2 is 2.00 bits per heavy atom. The van der Waals surface area contributed by atoms with Crippen LogP contribution in [0.1, 0.15) is 63.9 Å². The lowest BCUT2D eigenvalue weighted by molar-refractivity contribution is -0.108. The fourth-order valence-electron chi connectivity index (χ4n) is 3.41. The van der Waals surface area contributed by atoms with Crippen LogP contribution in [0, 0.1) is 5.13 Å². The Balaban J connectivity index is 1.67. The number of nitrogens with one attached hydrogen (secondary N) is 1. The van der Waals surface area contributed by atoms with E-state index in [0.29, 0.717) is 23.1 Å². The number of benzene rings is 1. The first-order chi connectivity index (χ1) is 15.6. The number of unbranched alkanes of at least 4 members (excludes halogenated alkanes) is 5. The number of halogens is 1. The summed E-state index contributed by atoms with van der Waals surface area (Å²) in [6, 6.07) is 9.12. The number of hydrogen-bond donors (Lipinski definition) is 1. The smallest absolute Gasteiger partial charge is 0.206 e. The second-order valence-corrected chi connectivity index (χ2v) is 8.75. The summed E-state index contributed by atoms with van der Waals surface area (Å²) in [5.74, 6) is 0.403. The fourth-order valence-corrected chi connectivity index (χ4v) is 4.15. The second kappa shape index (κ2) is 12.3. The number of pyridine rings is 1. The quantitative estimate of drug-likeness (QED) is 0.219. The van der Waals surface area contributed by atoms with Gasteiger partial charge in [0.05, 0.1) is 6.61 Å². The monoisotopic (exact) mass is 455 g/mol. The van der Waals surface area contributed by atoms with Crippen LogP contribution in [0.3, 0.4) is 0 Å². The normalized spacial score (nSPS) is 11.8. The summed E-state index contributed by atoms with van der Waals surface area (Å²) in [6.45, 7) is 4.68. The lowest BCUT2D eigenvalue weighted by Crippen LogP contribution is -2.04. The van der Waals surface area contributed by atoms with Gasteiger partial charge in [0, 0.05) is 35.1 Å². The minimum atomic E-state index is -0.374. The van der Waals surface area contributed by atoms with Gasteiger partial charge in [-0.05, 0) is 36.8 Å². The molecule has 1 unspecified atom stereocenters. The first-order valence-electron chi connectivity index (χ1n) is 11.2. The number of hydrogen-bond acceptors (Lipinski definition) is 6. The molecule has 0 aliphatic rings. The van der Waals surface area contributed by atoms with Crippen LogP contribution in [0.4, 0.5) is 15.2 Å². The van der Waals surface area contributed by atoms with E-state index in [1.165, 1.54) is 25.7 Å². The molecule has 2 aromatic heterocycles. The van der Waals surface area contributed by atoms with Crippen molar-refractivity contribution < 1.29 is 13.9 Å². The minimum absolute atomic E-state index is 0.269. The maximum absolute atomic E-state index is 14.4. The molecule has 7 heteroatoms. The molecule has 0 bridgehead atoms. The standard InChI is InChI=1S/C25H30FN3O2S/c1-3-4-5-6-7-8-14-31-22-12-11-20(15-21(22)18(2)17-30)28-25-29-23(24(26)32-25)19-10-9-13-27-16-19/h9-13,15-18H,3-8,14H2,1-2H3,(H,28,29). The Bertz CT molecular complexity index is 994. The van der Waals surface area contributed by atoms with E-state index in [4.69, 9.17) is 4.74 Å². The lowest BCUT2D eigenvalue weighted by atomic mass is 10.0. The van der Waals surface area contributed by atoms with Gasteiger partial charge in [-0.1, -0.05) is 57.3 Å². The highest BCUT2D eigenvalue weighted by atomic mass is 32.1. The zero-order valence-electron chi connectivity index (χ0n) is 18.6. The number of thiazole rings is 1. The first kappa shape index (κ1) is 23.9. The molecule has 0 saturated heterocycles. The highest BCUT2D eigenvalue weighted by molar-refractivity contribution is 7.14. The summed E-state index contributed by atoms with van der Waals surface area (Å²) >= 11 is 0.936. The van der Waals surface area contributed by atoms with Crippen LogP contribution in [0.15, 0.2) is 42.7 Å². The third-order valence-corrected chi connectivity index (χ3v) is 5.99. The van der Waals surface area contributed by atoms with E-state index in [1.54, 1.807) is 24.5 Å². The molecule has 3 aromatic rings. The molecule has 0 aliphatic carbocycles. The summed E-state index contributed by atoms with van der Waals surface area (Å²) in [5, 5.41) is 3.22. The zero-order valence-corrected chi connectivity index (χ0v) is 19.5. The summed E-state index contributed by atoms with van der Waals surface area (Å²) in [4.78, 5) is 19.9. The van der Waals surface area contributed by atoms with Crippen molar-refractivity contribution in [2.45, 2.75) is 58.3 Å². The first-order valence-corrected chi connectivity index (χ1v) is 12.0. The van der Waals surface area contributed by atoms with Crippen LogP contribution in [-0.4, -0.2) is 22.9 Å². The van der Waals surface area contributed by atoms with E-state index >= 15 is 0 Å². The average molecular weight is 456 g/mol. The number of carbonyl (C=O) groups is 1. The molecule has 5 nitrogen and oxygen atoms in total. The van der Waals surface area contributed by atoms with Gasteiger partial charge >= 0.3 is 0 Å². The van der Waals surface area contributed by atoms with E-state index < -0.39 is 0 Å². The van der Waals surface area contributed by atoms with Crippen molar-refractivity contribution in [1.29, 1.82) is 0 Å². The molecule has 170 valence electrons. The molecule has 32 heavy (non-hydrogen) atoms. The third-order valence-electron chi connectivity index (χ3n) is 5.23. The van der Waals surface area contributed by atoms with E-state index in [9.17, 15) is 9.18 Å². The van der Waals surface area contributed by atoms with Gasteiger partial charge in [0.15, 0.2) is 5.13 Å². The molecule has 0 spiro atoms. The lowest BCUT2D eigenvalue weighted by Gasteiger charge is -2.15. The van der Waals surface area contributed by atoms with Gasteiger partial charge in [0.25, 0.3) is 0 Å². The van der Waals surface area contributed by atoms with E-state index in [2.05, 4.69) is 22.2 Å². The summed E-state index contributed by atoms with van der Waals surface area (Å²) in [5.41, 5.74) is 2.43. The molecule has 0 aliphatic heterocycles. The van der Waals surface area contributed by atoms with Crippen molar-refractivity contribution in [1.82, 2.24) is 9.97 Å². The van der Waals surface area contributed by atoms with E-state index in [0.717, 1.165) is 41.7 Å². The van der Waals surface area contributed by atoms with Crippen molar-refractivity contribution >= 4 is 28.4 Å². The molecule has 3 rings (SSSR count). The van der Waals surface area contributed by atoms with Crippen molar-refractivity contribution in [3.05, 3.63) is 53.4 Å². The minimum Gasteiger partial charge on any atom is -0.493 e. The van der Waals surface area contributed by atoms with Crippen molar-refractivity contribution in [3.63, 3.8) is 0 Å². The Kier molecular flexibility index (Phi) is 9.16. The molecule has 1 aromatic carbocycles. The van der Waals surface area contributed by atoms with Crippen LogP contribution in [-0.2, 0) is 4.79 Å². The van der Waals surface area contributed by atoms with Gasteiger partial charge in [0.2, 0.25) is 5.13 Å². The van der Waals surface area contributed by atoms with Crippen molar-refractivity contribution in [3.8, 4) is 17.0 Å². The van der Waals surface area contributed by atoms with Gasteiger partial charge in [-0.3, -0.25) is 4.98 Å². The highest BCUT2D eigenvalue weighted by Gasteiger charge is 2.16. The van der Waals surface area contributed by atoms with Gasteiger partial charge in [-0.2, -0.15) is 4.39 Å². The van der Waals surface area contributed by atoms with Crippen LogP contribution in [0.5, 0.6) is 5.75 Å². The highest BCUT2D eigenvalue weighted by Crippen LogP contribution is 2.34. The molecular weight excluding hydrogens is 425 g/mol. The molecule has 1 N–H and O–H groups in total. The molecule has 0 amide bonds. The molecule has 0 radical (unpaired) electrons. The summed E-state index contributed by atoms with van der Waals surface area (Å²) in [6.07, 6.45) is 11.3. The number of aromatic nitrogens is 2. The van der Waals surface area contributed by atoms with Gasteiger partial charge in [-0.15, -0.1) is 0 Å². The maximum atomic E-state index is 14.4. The Labute approximate surface area is 193 Å². The largest absolute Gasteiger partial charge is 0.493 e. The Hall–Kier alpha value is -2.80.